The first-order chi connectivity index (χ1) is 10.0. The molecule has 2 aromatic rings. The second-order valence-electron chi connectivity index (χ2n) is 4.68. The van der Waals surface area contributed by atoms with E-state index in [2.05, 4.69) is 0 Å². The Kier molecular flexibility index (Phi) is 4.51. The van der Waals surface area contributed by atoms with E-state index in [1.807, 2.05) is 6.07 Å². The molecule has 5 heteroatoms. The molecule has 21 heavy (non-hydrogen) atoms. The molecular formula is C16H14F2N2O. The van der Waals surface area contributed by atoms with Gasteiger partial charge < -0.3 is 10.5 Å². The second-order valence-corrected chi connectivity index (χ2v) is 4.68. The third kappa shape index (κ3) is 3.56. The molecule has 0 saturated heterocycles. The fourth-order valence-electron chi connectivity index (χ4n) is 1.88. The fourth-order valence-corrected chi connectivity index (χ4v) is 1.88. The van der Waals surface area contributed by atoms with Gasteiger partial charge in [-0.2, -0.15) is 5.26 Å². The Morgan fingerprint density at radius 1 is 1.19 bits per heavy atom. The van der Waals surface area contributed by atoms with Gasteiger partial charge in [0.05, 0.1) is 11.6 Å². The Bertz CT molecular complexity index is 693. The molecule has 0 aliphatic carbocycles. The molecule has 0 aliphatic rings. The van der Waals surface area contributed by atoms with E-state index in [4.69, 9.17) is 15.7 Å². The first-order valence-electron chi connectivity index (χ1n) is 6.37. The Morgan fingerprint density at radius 2 is 1.95 bits per heavy atom. The first-order valence-corrected chi connectivity index (χ1v) is 6.37. The summed E-state index contributed by atoms with van der Waals surface area (Å²) >= 11 is 0. The minimum atomic E-state index is -0.471. The van der Waals surface area contributed by atoms with Crippen LogP contribution in [0.25, 0.3) is 0 Å². The van der Waals surface area contributed by atoms with Crippen molar-refractivity contribution in [1.82, 2.24) is 0 Å². The molecule has 0 saturated carbocycles. The molecule has 0 heterocycles. The molecule has 1 atom stereocenters. The summed E-state index contributed by atoms with van der Waals surface area (Å²) in [5, 5.41) is 8.78. The van der Waals surface area contributed by atoms with Crippen LogP contribution < -0.4 is 10.5 Å². The van der Waals surface area contributed by atoms with Gasteiger partial charge in [-0.1, -0.05) is 6.07 Å². The fraction of sp³-hybridized carbons (Fsp3) is 0.188. The highest BCUT2D eigenvalue weighted by atomic mass is 19.1. The van der Waals surface area contributed by atoms with Gasteiger partial charge in [0.25, 0.3) is 0 Å². The highest BCUT2D eigenvalue weighted by Gasteiger charge is 2.09. The molecule has 3 nitrogen and oxygen atoms in total. The third-order valence-corrected chi connectivity index (χ3v) is 3.03. The zero-order valence-corrected chi connectivity index (χ0v) is 11.4. The van der Waals surface area contributed by atoms with Gasteiger partial charge in [-0.3, -0.25) is 0 Å². The highest BCUT2D eigenvalue weighted by Crippen LogP contribution is 2.22. The maximum absolute atomic E-state index is 13.7. The number of rotatable bonds is 4. The summed E-state index contributed by atoms with van der Waals surface area (Å²) in [7, 11) is 0. The van der Waals surface area contributed by atoms with Crippen molar-refractivity contribution in [3.63, 3.8) is 0 Å². The van der Waals surface area contributed by atoms with Gasteiger partial charge in [0.15, 0.2) is 0 Å². The number of ether oxygens (including phenoxy) is 1. The normalized spacial score (nSPS) is 11.8. The van der Waals surface area contributed by atoms with E-state index < -0.39 is 17.7 Å². The lowest BCUT2D eigenvalue weighted by molar-refractivity contribution is 0.298. The van der Waals surface area contributed by atoms with E-state index >= 15 is 0 Å². The molecule has 2 aromatic carbocycles. The average molecular weight is 288 g/mol. The molecule has 2 N–H and O–H groups in total. The summed E-state index contributed by atoms with van der Waals surface area (Å²) in [5.74, 6) is -0.658. The molecule has 0 aliphatic heterocycles. The highest BCUT2D eigenvalue weighted by molar-refractivity contribution is 5.34. The number of nitriles is 1. The lowest BCUT2D eigenvalue weighted by Crippen LogP contribution is -2.07. The van der Waals surface area contributed by atoms with E-state index in [1.54, 1.807) is 13.0 Å². The molecule has 2 rings (SSSR count). The van der Waals surface area contributed by atoms with Gasteiger partial charge >= 0.3 is 0 Å². The standard InChI is InChI=1S/C16H14F2N2O/c1-10(20)14-4-3-13(7-16(14)18)21-9-12-6-11(8-19)2-5-15(12)17/h2-7,10H,9,20H2,1H3/t10-/m1/s1. The van der Waals surface area contributed by atoms with Crippen molar-refractivity contribution >= 4 is 0 Å². The van der Waals surface area contributed by atoms with Gasteiger partial charge in [0.2, 0.25) is 0 Å². The zero-order valence-electron chi connectivity index (χ0n) is 11.4. The Hall–Kier alpha value is -2.45. The predicted molar refractivity (Wildman–Crippen MR) is 74.4 cm³/mol. The van der Waals surface area contributed by atoms with Crippen molar-refractivity contribution in [2.45, 2.75) is 19.6 Å². The van der Waals surface area contributed by atoms with Crippen LogP contribution in [0, 0.1) is 23.0 Å². The Labute approximate surface area is 121 Å². The molecule has 0 unspecified atom stereocenters. The summed E-state index contributed by atoms with van der Waals surface area (Å²) in [4.78, 5) is 0. The maximum atomic E-state index is 13.7. The summed E-state index contributed by atoms with van der Waals surface area (Å²) in [6, 6.07) is 9.84. The van der Waals surface area contributed by atoms with E-state index in [0.717, 1.165) is 0 Å². The summed E-state index contributed by atoms with van der Waals surface area (Å²) in [6.07, 6.45) is 0. The van der Waals surface area contributed by atoms with Crippen molar-refractivity contribution in [2.24, 2.45) is 5.73 Å². The van der Waals surface area contributed by atoms with Crippen LogP contribution in [0.2, 0.25) is 0 Å². The lowest BCUT2D eigenvalue weighted by atomic mass is 10.1. The Morgan fingerprint density at radius 3 is 2.57 bits per heavy atom. The van der Waals surface area contributed by atoms with Crippen LogP contribution in [0.15, 0.2) is 36.4 Å². The van der Waals surface area contributed by atoms with Crippen LogP contribution in [-0.4, -0.2) is 0 Å². The van der Waals surface area contributed by atoms with Crippen LogP contribution in [0.5, 0.6) is 5.75 Å². The van der Waals surface area contributed by atoms with E-state index in [0.29, 0.717) is 11.1 Å². The van der Waals surface area contributed by atoms with Crippen molar-refractivity contribution in [1.29, 1.82) is 5.26 Å². The van der Waals surface area contributed by atoms with Crippen molar-refractivity contribution in [2.75, 3.05) is 0 Å². The number of benzene rings is 2. The lowest BCUT2D eigenvalue weighted by Gasteiger charge is -2.11. The number of hydrogen-bond donors (Lipinski definition) is 1. The van der Waals surface area contributed by atoms with Gasteiger partial charge in [0.1, 0.15) is 24.0 Å². The summed E-state index contributed by atoms with van der Waals surface area (Å²) < 4.78 is 32.7. The average Bonchev–Trinajstić information content (AvgIpc) is 2.46. The van der Waals surface area contributed by atoms with E-state index in [-0.39, 0.29) is 17.9 Å². The van der Waals surface area contributed by atoms with Crippen LogP contribution in [-0.2, 0) is 6.61 Å². The van der Waals surface area contributed by atoms with Gasteiger partial charge in [-0.25, -0.2) is 8.78 Å². The quantitative estimate of drug-likeness (QED) is 0.937. The molecule has 0 fully saturated rings. The number of halogens is 2. The van der Waals surface area contributed by atoms with Crippen LogP contribution in [0.3, 0.4) is 0 Å². The SMILES string of the molecule is C[C@@H](N)c1ccc(OCc2cc(C#N)ccc2F)cc1F. The molecule has 0 spiro atoms. The van der Waals surface area contributed by atoms with E-state index in [9.17, 15) is 8.78 Å². The number of hydrogen-bond acceptors (Lipinski definition) is 3. The minimum absolute atomic E-state index is 0.0850. The summed E-state index contributed by atoms with van der Waals surface area (Å²) in [6.45, 7) is 1.60. The van der Waals surface area contributed by atoms with Crippen LogP contribution in [0.4, 0.5) is 8.78 Å². The smallest absolute Gasteiger partial charge is 0.131 e. The van der Waals surface area contributed by atoms with E-state index in [1.165, 1.54) is 30.3 Å². The minimum Gasteiger partial charge on any atom is -0.489 e. The zero-order chi connectivity index (χ0) is 15.4. The second kappa shape index (κ2) is 6.33. The predicted octanol–water partition coefficient (Wildman–Crippen LogP) is 3.44. The van der Waals surface area contributed by atoms with Crippen molar-refractivity contribution in [3.05, 3.63) is 64.7 Å². The maximum Gasteiger partial charge on any atom is 0.131 e. The summed E-state index contributed by atoms with van der Waals surface area (Å²) in [5.41, 5.74) is 6.59. The van der Waals surface area contributed by atoms with Gasteiger partial charge in [0, 0.05) is 23.2 Å². The van der Waals surface area contributed by atoms with Gasteiger partial charge in [-0.05, 0) is 31.2 Å². The largest absolute Gasteiger partial charge is 0.489 e. The van der Waals surface area contributed by atoms with Crippen LogP contribution >= 0.6 is 0 Å². The number of nitrogens with two attached hydrogens (primary N) is 1. The van der Waals surface area contributed by atoms with Crippen molar-refractivity contribution in [3.8, 4) is 11.8 Å². The van der Waals surface area contributed by atoms with Crippen LogP contribution in [0.1, 0.15) is 29.7 Å². The monoisotopic (exact) mass is 288 g/mol. The van der Waals surface area contributed by atoms with Crippen molar-refractivity contribution < 1.29 is 13.5 Å². The molecule has 0 bridgehead atoms. The topological polar surface area (TPSA) is 59.0 Å². The number of nitrogens with zero attached hydrogens (tertiary/aromatic N) is 1. The molecule has 0 amide bonds. The molecule has 108 valence electrons. The Balaban J connectivity index is 2.14. The van der Waals surface area contributed by atoms with Gasteiger partial charge in [-0.15, -0.1) is 0 Å². The third-order valence-electron chi connectivity index (χ3n) is 3.03. The molecule has 0 radical (unpaired) electrons. The first kappa shape index (κ1) is 14.9. The molecular weight excluding hydrogens is 274 g/mol. The molecule has 0 aromatic heterocycles.